The number of hydrogen-bond donors (Lipinski definition) is 0. The number of amides is 1. The van der Waals surface area contributed by atoms with Crippen molar-refractivity contribution in [2.45, 2.75) is 46.1 Å². The maximum absolute atomic E-state index is 12.6. The number of hydrogen-bond acceptors (Lipinski definition) is 9. The number of carbonyl (C=O) groups excluding carboxylic acids is 5. The molecule has 28 heavy (non-hydrogen) atoms. The topological polar surface area (TPSA) is 116 Å². The third-order valence-corrected chi connectivity index (χ3v) is 5.55. The Balaban J connectivity index is 2.10. The Morgan fingerprint density at radius 3 is 2.46 bits per heavy atom. The smallest absolute Gasteiger partial charge is 0.358 e. The maximum atomic E-state index is 12.6. The molecule has 2 aliphatic heterocycles. The Kier molecular flexibility index (Phi) is 6.53. The summed E-state index contributed by atoms with van der Waals surface area (Å²) in [7, 11) is 0. The first-order valence-electron chi connectivity index (χ1n) is 8.63. The van der Waals surface area contributed by atoms with Crippen LogP contribution < -0.4 is 0 Å². The van der Waals surface area contributed by atoms with Crippen LogP contribution in [0.5, 0.6) is 0 Å². The summed E-state index contributed by atoms with van der Waals surface area (Å²) in [6.45, 7) is 7.17. The van der Waals surface area contributed by atoms with E-state index in [9.17, 15) is 24.0 Å². The van der Waals surface area contributed by atoms with Crippen LogP contribution in [0.2, 0.25) is 0 Å². The number of rotatable bonds is 6. The fourth-order valence-corrected chi connectivity index (χ4v) is 4.27. The van der Waals surface area contributed by atoms with Gasteiger partial charge in [0, 0.05) is 18.2 Å². The lowest BCUT2D eigenvalue weighted by Gasteiger charge is -2.50. The molecular formula is C18H23NO8S. The molecule has 0 bridgehead atoms. The molecule has 1 amide bonds. The number of nitrogens with zero attached hydrogens (tertiary/aromatic N) is 1. The lowest BCUT2D eigenvalue weighted by atomic mass is 9.91. The van der Waals surface area contributed by atoms with Crippen molar-refractivity contribution in [3.63, 3.8) is 0 Å². The minimum atomic E-state index is -0.930. The summed E-state index contributed by atoms with van der Waals surface area (Å²) < 4.78 is 14.9. The third kappa shape index (κ3) is 4.37. The number of esters is 3. The van der Waals surface area contributed by atoms with Gasteiger partial charge >= 0.3 is 17.9 Å². The molecule has 1 saturated heterocycles. The molecule has 10 heteroatoms. The summed E-state index contributed by atoms with van der Waals surface area (Å²) in [5.41, 5.74) is -0.818. The number of β-lactam (4-membered cyclic amide) rings is 1. The van der Waals surface area contributed by atoms with E-state index >= 15 is 0 Å². The maximum Gasteiger partial charge on any atom is 0.358 e. The summed E-state index contributed by atoms with van der Waals surface area (Å²) in [5, 5.41) is -0.453. The number of thioether (sulfide) groups is 1. The zero-order chi connectivity index (χ0) is 21.2. The van der Waals surface area contributed by atoms with Crippen LogP contribution >= 0.6 is 11.8 Å². The van der Waals surface area contributed by atoms with E-state index in [0.717, 1.165) is 0 Å². The largest absolute Gasteiger partial charge is 0.462 e. The van der Waals surface area contributed by atoms with Crippen molar-refractivity contribution in [3.05, 3.63) is 11.3 Å². The molecular weight excluding hydrogens is 390 g/mol. The summed E-state index contributed by atoms with van der Waals surface area (Å²) in [4.78, 5) is 60.5. The van der Waals surface area contributed by atoms with Gasteiger partial charge in [0.2, 0.25) is 12.7 Å². The van der Waals surface area contributed by atoms with Gasteiger partial charge in [0.05, 0.1) is 10.8 Å². The van der Waals surface area contributed by atoms with E-state index in [1.165, 1.54) is 23.6 Å². The molecule has 0 spiro atoms. The molecule has 1 unspecified atom stereocenters. The standard InChI is InChI=1S/C18H23NO8S/c1-9(27-10(2)21)12-14(22)19-13(11(6-20)7-28-15(12)19)16(23)25-8-26-17(24)18(3,4)5/h6,9,12,15H,7-8H2,1-5H3/t9?,12-,15-/m0/s1. The van der Waals surface area contributed by atoms with Crippen molar-refractivity contribution >= 4 is 41.9 Å². The first-order valence-corrected chi connectivity index (χ1v) is 9.68. The zero-order valence-corrected chi connectivity index (χ0v) is 17.2. The molecule has 9 nitrogen and oxygen atoms in total. The van der Waals surface area contributed by atoms with Crippen LogP contribution in [-0.2, 0) is 38.2 Å². The van der Waals surface area contributed by atoms with E-state index < -0.39 is 53.4 Å². The van der Waals surface area contributed by atoms with Crippen molar-refractivity contribution in [2.75, 3.05) is 12.5 Å². The van der Waals surface area contributed by atoms with Gasteiger partial charge in [-0.05, 0) is 27.7 Å². The van der Waals surface area contributed by atoms with Gasteiger partial charge in [-0.15, -0.1) is 11.8 Å². The highest BCUT2D eigenvalue weighted by Crippen LogP contribution is 2.45. The molecule has 0 saturated carbocycles. The second-order valence-electron chi connectivity index (χ2n) is 7.47. The minimum Gasteiger partial charge on any atom is -0.462 e. The van der Waals surface area contributed by atoms with Crippen LogP contribution in [-0.4, -0.2) is 59.0 Å². The van der Waals surface area contributed by atoms with Gasteiger partial charge in [-0.1, -0.05) is 0 Å². The molecule has 2 heterocycles. The van der Waals surface area contributed by atoms with Gasteiger partial charge in [0.1, 0.15) is 24.0 Å². The summed E-state index contributed by atoms with van der Waals surface area (Å²) in [6.07, 6.45) is -0.168. The second-order valence-corrected chi connectivity index (χ2v) is 8.58. The quantitative estimate of drug-likeness (QED) is 0.272. The highest BCUT2D eigenvalue weighted by Gasteiger charge is 2.56. The Morgan fingerprint density at radius 2 is 1.93 bits per heavy atom. The van der Waals surface area contributed by atoms with Crippen molar-refractivity contribution in [2.24, 2.45) is 11.3 Å². The molecule has 0 aromatic carbocycles. The molecule has 154 valence electrons. The molecule has 2 aliphatic rings. The molecule has 0 aromatic heterocycles. The van der Waals surface area contributed by atoms with Crippen LogP contribution in [0.25, 0.3) is 0 Å². The van der Waals surface area contributed by atoms with Gasteiger partial charge in [-0.3, -0.25) is 24.1 Å². The van der Waals surface area contributed by atoms with Crippen LogP contribution in [0.1, 0.15) is 34.6 Å². The van der Waals surface area contributed by atoms with Gasteiger partial charge in [0.25, 0.3) is 0 Å². The number of carbonyl (C=O) groups is 5. The second kappa shape index (κ2) is 8.34. The number of aldehydes is 1. The Hall–Kier alpha value is -2.36. The fraction of sp³-hybridized carbons (Fsp3) is 0.611. The van der Waals surface area contributed by atoms with E-state index in [1.807, 2.05) is 0 Å². The first-order chi connectivity index (χ1) is 13.0. The highest BCUT2D eigenvalue weighted by molar-refractivity contribution is 8.00. The van der Waals surface area contributed by atoms with E-state index in [1.54, 1.807) is 27.7 Å². The number of fused-ring (bicyclic) bond motifs is 1. The predicted molar refractivity (Wildman–Crippen MR) is 97.4 cm³/mol. The van der Waals surface area contributed by atoms with Crippen LogP contribution in [0.4, 0.5) is 0 Å². The van der Waals surface area contributed by atoms with E-state index in [0.29, 0.717) is 6.29 Å². The first kappa shape index (κ1) is 21.9. The summed E-state index contributed by atoms with van der Waals surface area (Å²) in [5.74, 6) is -2.86. The monoisotopic (exact) mass is 413 g/mol. The van der Waals surface area contributed by atoms with Crippen LogP contribution in [0, 0.1) is 11.3 Å². The van der Waals surface area contributed by atoms with E-state index in [-0.39, 0.29) is 17.0 Å². The Morgan fingerprint density at radius 1 is 1.29 bits per heavy atom. The Bertz CT molecular complexity index is 738. The molecule has 0 aliphatic carbocycles. The summed E-state index contributed by atoms with van der Waals surface area (Å²) in [6, 6.07) is 0. The lowest BCUT2D eigenvalue weighted by molar-refractivity contribution is -0.176. The molecule has 2 rings (SSSR count). The number of ether oxygens (including phenoxy) is 3. The average Bonchev–Trinajstić information content (AvgIpc) is 2.58. The lowest BCUT2D eigenvalue weighted by Crippen LogP contribution is -2.65. The molecule has 0 radical (unpaired) electrons. The minimum absolute atomic E-state index is 0.111. The van der Waals surface area contributed by atoms with Gasteiger partial charge in [-0.2, -0.15) is 0 Å². The van der Waals surface area contributed by atoms with Crippen molar-refractivity contribution in [1.82, 2.24) is 4.90 Å². The Labute approximate surface area is 166 Å². The van der Waals surface area contributed by atoms with Crippen molar-refractivity contribution in [3.8, 4) is 0 Å². The third-order valence-electron chi connectivity index (χ3n) is 4.22. The predicted octanol–water partition coefficient (Wildman–Crippen LogP) is 1.01. The molecule has 1 fully saturated rings. The van der Waals surface area contributed by atoms with Crippen molar-refractivity contribution < 1.29 is 38.2 Å². The average molecular weight is 413 g/mol. The molecule has 0 N–H and O–H groups in total. The van der Waals surface area contributed by atoms with E-state index in [4.69, 9.17) is 14.2 Å². The van der Waals surface area contributed by atoms with Gasteiger partial charge < -0.3 is 14.2 Å². The van der Waals surface area contributed by atoms with Crippen molar-refractivity contribution in [1.29, 1.82) is 0 Å². The molecule has 3 atom stereocenters. The molecule has 0 aromatic rings. The van der Waals surface area contributed by atoms with Crippen LogP contribution in [0.3, 0.4) is 0 Å². The SMILES string of the molecule is CC(=O)OC(C)[C@H]1C(=O)N2C(C(=O)OCOC(=O)C(C)(C)C)=C(C=O)CS[C@@H]12. The van der Waals surface area contributed by atoms with Crippen LogP contribution in [0.15, 0.2) is 11.3 Å². The van der Waals surface area contributed by atoms with Gasteiger partial charge in [0.15, 0.2) is 0 Å². The highest BCUT2D eigenvalue weighted by atomic mass is 32.2. The van der Waals surface area contributed by atoms with E-state index in [2.05, 4.69) is 0 Å². The summed E-state index contributed by atoms with van der Waals surface area (Å²) >= 11 is 1.30. The van der Waals surface area contributed by atoms with Gasteiger partial charge in [-0.25, -0.2) is 4.79 Å². The normalized spacial score (nSPS) is 22.6. The zero-order valence-electron chi connectivity index (χ0n) is 16.3. The fourth-order valence-electron chi connectivity index (χ4n) is 2.81.